The average Bonchev–Trinajstić information content (AvgIpc) is 2.72. The van der Waals surface area contributed by atoms with Crippen LogP contribution in [0.1, 0.15) is 16.7 Å². The Morgan fingerprint density at radius 1 is 1.07 bits per heavy atom. The summed E-state index contributed by atoms with van der Waals surface area (Å²) in [5, 5.41) is 9.79. The number of aromatic hydroxyl groups is 1. The number of pyridine rings is 1. The predicted octanol–water partition coefficient (Wildman–Crippen LogP) is 4.20. The molecule has 1 aromatic heterocycles. The molecule has 0 spiro atoms. The number of nitrogens with zero attached hydrogens (tertiary/aromatic N) is 1. The van der Waals surface area contributed by atoms with Crippen molar-refractivity contribution in [2.24, 2.45) is 0 Å². The summed E-state index contributed by atoms with van der Waals surface area (Å²) in [4.78, 5) is 16.2. The Labute approximate surface area is 163 Å². The summed E-state index contributed by atoms with van der Waals surface area (Å²) in [6.07, 6.45) is 6.90. The molecule has 0 saturated heterocycles. The van der Waals surface area contributed by atoms with E-state index in [0.717, 1.165) is 16.7 Å². The minimum atomic E-state index is -0.0402. The predicted molar refractivity (Wildman–Crippen MR) is 107 cm³/mol. The highest BCUT2D eigenvalue weighted by atomic mass is 16.5. The van der Waals surface area contributed by atoms with Gasteiger partial charge in [0.15, 0.2) is 17.3 Å². The fourth-order valence-electron chi connectivity index (χ4n) is 2.65. The fourth-order valence-corrected chi connectivity index (χ4v) is 2.65. The standard InChI is InChI=1S/C23H21NO4/c1-27-23-8-6-17(15-22(23)26)5-7-20(25)13-19-3-2-4-21(14-19)28-16-18-9-11-24-12-10-18/h2-12,14-15,26H,13,16H2,1H3/b7-5+. The SMILES string of the molecule is COc1ccc(/C=C/C(=O)Cc2cccc(OCc3ccncc3)c2)cc1O. The second-order valence-corrected chi connectivity index (χ2v) is 6.20. The first-order chi connectivity index (χ1) is 13.6. The lowest BCUT2D eigenvalue weighted by atomic mass is 10.1. The molecule has 3 rings (SSSR count). The summed E-state index contributed by atoms with van der Waals surface area (Å²) >= 11 is 0. The van der Waals surface area contributed by atoms with Crippen LogP contribution in [0.15, 0.2) is 73.1 Å². The molecule has 0 fully saturated rings. The lowest BCUT2D eigenvalue weighted by Crippen LogP contribution is -2.00. The largest absolute Gasteiger partial charge is 0.504 e. The highest BCUT2D eigenvalue weighted by Gasteiger charge is 2.04. The number of ketones is 1. The molecule has 3 aromatic rings. The summed E-state index contributed by atoms with van der Waals surface area (Å²) in [5.74, 6) is 1.11. The molecule has 2 aromatic carbocycles. The Morgan fingerprint density at radius 3 is 2.64 bits per heavy atom. The molecule has 0 atom stereocenters. The molecule has 0 aliphatic carbocycles. The highest BCUT2D eigenvalue weighted by Crippen LogP contribution is 2.26. The average molecular weight is 375 g/mol. The van der Waals surface area contributed by atoms with E-state index < -0.39 is 0 Å². The van der Waals surface area contributed by atoms with Gasteiger partial charge in [0.1, 0.15) is 12.4 Å². The lowest BCUT2D eigenvalue weighted by molar-refractivity contribution is -0.113. The maximum atomic E-state index is 12.3. The molecule has 0 amide bonds. The summed E-state index contributed by atoms with van der Waals surface area (Å²) in [7, 11) is 1.49. The fraction of sp³-hybridized carbons (Fsp3) is 0.130. The second-order valence-electron chi connectivity index (χ2n) is 6.20. The maximum absolute atomic E-state index is 12.3. The van der Waals surface area contributed by atoms with Gasteiger partial charge in [-0.2, -0.15) is 0 Å². The zero-order valence-electron chi connectivity index (χ0n) is 15.5. The molecular formula is C23H21NO4. The van der Waals surface area contributed by atoms with Crippen LogP contribution in [0.4, 0.5) is 0 Å². The minimum absolute atomic E-state index is 0.0381. The number of hydrogen-bond acceptors (Lipinski definition) is 5. The molecule has 142 valence electrons. The topological polar surface area (TPSA) is 68.7 Å². The normalized spacial score (nSPS) is 10.8. The van der Waals surface area contributed by atoms with Crippen molar-refractivity contribution >= 4 is 11.9 Å². The van der Waals surface area contributed by atoms with E-state index >= 15 is 0 Å². The van der Waals surface area contributed by atoms with E-state index in [1.807, 2.05) is 36.4 Å². The molecule has 0 radical (unpaired) electrons. The number of phenols is 1. The van der Waals surface area contributed by atoms with Crippen molar-refractivity contribution in [1.82, 2.24) is 4.98 Å². The second kappa shape index (κ2) is 9.37. The van der Waals surface area contributed by atoms with Crippen molar-refractivity contribution in [3.05, 3.63) is 89.8 Å². The summed E-state index contributed by atoms with van der Waals surface area (Å²) < 4.78 is 10.8. The number of carbonyl (C=O) groups excluding carboxylic acids is 1. The van der Waals surface area contributed by atoms with Gasteiger partial charge >= 0.3 is 0 Å². The third-order valence-corrected chi connectivity index (χ3v) is 4.10. The van der Waals surface area contributed by atoms with Crippen LogP contribution in [0.3, 0.4) is 0 Å². The van der Waals surface area contributed by atoms with Gasteiger partial charge in [0.2, 0.25) is 0 Å². The minimum Gasteiger partial charge on any atom is -0.504 e. The van der Waals surface area contributed by atoms with E-state index in [1.165, 1.54) is 13.2 Å². The van der Waals surface area contributed by atoms with Crippen molar-refractivity contribution < 1.29 is 19.4 Å². The van der Waals surface area contributed by atoms with Crippen molar-refractivity contribution in [3.63, 3.8) is 0 Å². The Balaban J connectivity index is 1.58. The van der Waals surface area contributed by atoms with Gasteiger partial charge in [-0.3, -0.25) is 9.78 Å². The van der Waals surface area contributed by atoms with Crippen LogP contribution in [-0.4, -0.2) is 23.0 Å². The first kappa shape index (κ1) is 19.2. The number of phenolic OH excluding ortho intramolecular Hbond substituents is 1. The molecule has 5 nitrogen and oxygen atoms in total. The van der Waals surface area contributed by atoms with Gasteiger partial charge in [-0.25, -0.2) is 0 Å². The number of hydrogen-bond donors (Lipinski definition) is 1. The monoisotopic (exact) mass is 375 g/mol. The van der Waals surface area contributed by atoms with Crippen LogP contribution >= 0.6 is 0 Å². The summed E-state index contributed by atoms with van der Waals surface area (Å²) in [6, 6.07) is 16.3. The van der Waals surface area contributed by atoms with Crippen molar-refractivity contribution in [3.8, 4) is 17.2 Å². The van der Waals surface area contributed by atoms with Crippen molar-refractivity contribution in [1.29, 1.82) is 0 Å². The number of ether oxygens (including phenoxy) is 2. The van der Waals surface area contributed by atoms with Crippen LogP contribution in [-0.2, 0) is 17.8 Å². The van der Waals surface area contributed by atoms with E-state index in [9.17, 15) is 9.90 Å². The molecule has 0 aliphatic heterocycles. The van der Waals surface area contributed by atoms with Crippen LogP contribution in [0.2, 0.25) is 0 Å². The van der Waals surface area contributed by atoms with E-state index in [1.54, 1.807) is 36.7 Å². The number of aromatic nitrogens is 1. The van der Waals surface area contributed by atoms with Crippen LogP contribution < -0.4 is 9.47 Å². The van der Waals surface area contributed by atoms with Gasteiger partial charge in [0.05, 0.1) is 7.11 Å². The smallest absolute Gasteiger partial charge is 0.160 e. The summed E-state index contributed by atoms with van der Waals surface area (Å²) in [6.45, 7) is 0.445. The molecular weight excluding hydrogens is 354 g/mol. The first-order valence-corrected chi connectivity index (χ1v) is 8.82. The number of allylic oxidation sites excluding steroid dienone is 1. The van der Waals surface area contributed by atoms with Gasteiger partial charge in [-0.1, -0.05) is 24.3 Å². The van der Waals surface area contributed by atoms with Gasteiger partial charge in [0, 0.05) is 18.8 Å². The summed E-state index contributed by atoms with van der Waals surface area (Å²) in [5.41, 5.74) is 2.63. The Morgan fingerprint density at radius 2 is 1.89 bits per heavy atom. The van der Waals surface area contributed by atoms with E-state index in [4.69, 9.17) is 9.47 Å². The zero-order valence-corrected chi connectivity index (χ0v) is 15.5. The van der Waals surface area contributed by atoms with Gasteiger partial charge < -0.3 is 14.6 Å². The number of benzene rings is 2. The molecule has 0 unspecified atom stereocenters. The van der Waals surface area contributed by atoms with Crippen LogP contribution in [0.25, 0.3) is 6.08 Å². The van der Waals surface area contributed by atoms with E-state index in [-0.39, 0.29) is 18.0 Å². The quantitative estimate of drug-likeness (QED) is 0.598. The molecule has 28 heavy (non-hydrogen) atoms. The molecule has 1 heterocycles. The number of rotatable bonds is 8. The molecule has 0 saturated carbocycles. The van der Waals surface area contributed by atoms with Crippen LogP contribution in [0, 0.1) is 0 Å². The van der Waals surface area contributed by atoms with E-state index in [2.05, 4.69) is 4.98 Å². The molecule has 0 aliphatic rings. The van der Waals surface area contributed by atoms with Crippen molar-refractivity contribution in [2.75, 3.05) is 7.11 Å². The third kappa shape index (κ3) is 5.45. The van der Waals surface area contributed by atoms with E-state index in [0.29, 0.717) is 18.1 Å². The lowest BCUT2D eigenvalue weighted by Gasteiger charge is -2.07. The molecule has 0 bridgehead atoms. The Kier molecular flexibility index (Phi) is 6.41. The van der Waals surface area contributed by atoms with Crippen molar-refractivity contribution in [2.45, 2.75) is 13.0 Å². The number of methoxy groups -OCH3 is 1. The molecule has 1 N–H and O–H groups in total. The van der Waals surface area contributed by atoms with Gasteiger partial charge in [0.25, 0.3) is 0 Å². The van der Waals surface area contributed by atoms with Crippen LogP contribution in [0.5, 0.6) is 17.2 Å². The third-order valence-electron chi connectivity index (χ3n) is 4.10. The molecule has 5 heteroatoms. The first-order valence-electron chi connectivity index (χ1n) is 8.82. The Hall–Kier alpha value is -3.60. The zero-order chi connectivity index (χ0) is 19.8. The highest BCUT2D eigenvalue weighted by molar-refractivity contribution is 5.95. The number of carbonyl (C=O) groups is 1. The Bertz CT molecular complexity index is 967. The van der Waals surface area contributed by atoms with Gasteiger partial charge in [-0.15, -0.1) is 0 Å². The van der Waals surface area contributed by atoms with Gasteiger partial charge in [-0.05, 0) is 59.2 Å². The maximum Gasteiger partial charge on any atom is 0.160 e.